The number of aromatic nitrogens is 2. The summed E-state index contributed by atoms with van der Waals surface area (Å²) in [7, 11) is -3.69. The number of fused-ring (bicyclic) bond motifs is 1. The highest BCUT2D eigenvalue weighted by Gasteiger charge is 2.39. The topological polar surface area (TPSA) is 172 Å². The van der Waals surface area contributed by atoms with Crippen molar-refractivity contribution >= 4 is 56.6 Å². The number of rotatable bonds is 11. The van der Waals surface area contributed by atoms with E-state index >= 15 is 0 Å². The fourth-order valence-electron chi connectivity index (χ4n) is 8.61. The van der Waals surface area contributed by atoms with E-state index in [0.29, 0.717) is 42.0 Å². The molecule has 1 unspecified atom stereocenters. The number of anilines is 5. The van der Waals surface area contributed by atoms with Crippen LogP contribution in [0.15, 0.2) is 77.8 Å². The standard InChI is InChI=1S/C44H54N10O5S/c1-29-26-45-43(49-40(29)46-33-6-5-7-36(25-33)60(58,59)50-44(2,3)4)47-32-9-11-34(12-10-32)52-18-16-35(17-19-52)53-22-20-51(21-23-53)27-30-8-13-37-31(24-30)28-54(42(37)57)38-14-15-39(55)48-41(38)56/h5-13,24-26,35,38,50H,14-23,27-28H2,1-4H3,(H,48,55,56)(H2,45,46,47,49). The lowest BCUT2D eigenvalue weighted by molar-refractivity contribution is -0.136. The van der Waals surface area contributed by atoms with E-state index in [0.717, 1.165) is 75.5 Å². The largest absolute Gasteiger partial charge is 0.371 e. The fourth-order valence-corrected chi connectivity index (χ4v) is 10.1. The fraction of sp³-hybridized carbons (Fsp3) is 0.432. The third kappa shape index (κ3) is 9.46. The van der Waals surface area contributed by atoms with Crippen molar-refractivity contribution in [1.29, 1.82) is 0 Å². The molecular formula is C44H54N10O5S. The summed E-state index contributed by atoms with van der Waals surface area (Å²) in [5.74, 6) is 0.207. The van der Waals surface area contributed by atoms with E-state index in [4.69, 9.17) is 4.98 Å². The molecule has 0 bridgehead atoms. The maximum Gasteiger partial charge on any atom is 0.255 e. The molecule has 0 saturated carbocycles. The SMILES string of the molecule is Cc1cnc(Nc2ccc(N3CCC(N4CCN(Cc5ccc6c(c5)CN(C5CCC(=O)NC5=O)C6=O)CC4)CC3)cc2)nc1Nc1cccc(S(=O)(=O)NC(C)(C)C)c1. The molecule has 4 aromatic rings. The minimum atomic E-state index is -3.69. The van der Waals surface area contributed by atoms with Crippen LogP contribution < -0.4 is 25.6 Å². The molecule has 1 atom stereocenters. The van der Waals surface area contributed by atoms with Gasteiger partial charge in [-0.15, -0.1) is 0 Å². The van der Waals surface area contributed by atoms with Crippen molar-refractivity contribution in [1.82, 2.24) is 34.7 Å². The third-order valence-corrected chi connectivity index (χ3v) is 13.4. The second-order valence-electron chi connectivity index (χ2n) is 17.3. The zero-order chi connectivity index (χ0) is 42.2. The zero-order valence-corrected chi connectivity index (χ0v) is 35.5. The summed E-state index contributed by atoms with van der Waals surface area (Å²) in [6, 6.07) is 21.0. The van der Waals surface area contributed by atoms with Crippen molar-refractivity contribution in [3.8, 4) is 0 Å². The molecular weight excluding hydrogens is 781 g/mol. The van der Waals surface area contributed by atoms with E-state index in [1.54, 1.807) is 35.4 Å². The van der Waals surface area contributed by atoms with Gasteiger partial charge in [0.1, 0.15) is 11.9 Å². The first-order valence-corrected chi connectivity index (χ1v) is 22.3. The van der Waals surface area contributed by atoms with E-state index in [1.807, 2.05) is 52.0 Å². The summed E-state index contributed by atoms with van der Waals surface area (Å²) in [6.45, 7) is 14.6. The second kappa shape index (κ2) is 16.9. The molecule has 60 heavy (non-hydrogen) atoms. The molecule has 0 spiro atoms. The van der Waals surface area contributed by atoms with Crippen molar-refractivity contribution in [2.45, 2.75) is 89.0 Å². The molecule has 3 saturated heterocycles. The maximum atomic E-state index is 13.1. The normalized spacial score (nSPS) is 19.7. The van der Waals surface area contributed by atoms with Crippen LogP contribution in [0.3, 0.4) is 0 Å². The van der Waals surface area contributed by atoms with Crippen LogP contribution >= 0.6 is 0 Å². The highest BCUT2D eigenvalue weighted by molar-refractivity contribution is 7.89. The Hall–Kier alpha value is -5.42. The van der Waals surface area contributed by atoms with Gasteiger partial charge in [0.25, 0.3) is 5.91 Å². The number of imide groups is 1. The number of piperazine rings is 1. The number of carbonyl (C=O) groups is 3. The number of benzene rings is 3. The summed E-state index contributed by atoms with van der Waals surface area (Å²) in [5.41, 5.74) is 5.64. The van der Waals surface area contributed by atoms with Crippen molar-refractivity contribution in [2.24, 2.45) is 0 Å². The van der Waals surface area contributed by atoms with Gasteiger partial charge in [-0.2, -0.15) is 4.98 Å². The van der Waals surface area contributed by atoms with E-state index in [-0.39, 0.29) is 29.0 Å². The number of amides is 3. The van der Waals surface area contributed by atoms with Gasteiger partial charge in [0.2, 0.25) is 27.8 Å². The average Bonchev–Trinajstić information content (AvgIpc) is 3.53. The number of hydrogen-bond donors (Lipinski definition) is 4. The Morgan fingerprint density at radius 3 is 2.32 bits per heavy atom. The first-order valence-electron chi connectivity index (χ1n) is 20.8. The van der Waals surface area contributed by atoms with E-state index in [1.165, 1.54) is 11.3 Å². The summed E-state index contributed by atoms with van der Waals surface area (Å²) in [4.78, 5) is 55.7. The second-order valence-corrected chi connectivity index (χ2v) is 19.0. The van der Waals surface area contributed by atoms with Crippen LogP contribution in [0.1, 0.15) is 73.5 Å². The first-order chi connectivity index (χ1) is 28.7. The molecule has 4 N–H and O–H groups in total. The average molecular weight is 835 g/mol. The molecule has 4 aliphatic heterocycles. The van der Waals surface area contributed by atoms with Gasteiger partial charge < -0.3 is 20.4 Å². The van der Waals surface area contributed by atoms with Crippen molar-refractivity contribution in [3.63, 3.8) is 0 Å². The highest BCUT2D eigenvalue weighted by atomic mass is 32.2. The lowest BCUT2D eigenvalue weighted by Gasteiger charge is -2.43. The minimum Gasteiger partial charge on any atom is -0.371 e. The third-order valence-electron chi connectivity index (χ3n) is 11.7. The van der Waals surface area contributed by atoms with Gasteiger partial charge >= 0.3 is 0 Å². The van der Waals surface area contributed by atoms with Crippen molar-refractivity contribution in [3.05, 3.63) is 95.2 Å². The first kappa shape index (κ1) is 41.3. The van der Waals surface area contributed by atoms with Crippen molar-refractivity contribution in [2.75, 3.05) is 54.8 Å². The Labute approximate surface area is 352 Å². The molecule has 3 fully saturated rings. The predicted octanol–water partition coefficient (Wildman–Crippen LogP) is 4.90. The van der Waals surface area contributed by atoms with E-state index in [9.17, 15) is 22.8 Å². The van der Waals surface area contributed by atoms with Crippen LogP contribution in [-0.4, -0.2) is 108 Å². The van der Waals surface area contributed by atoms with Crippen LogP contribution in [0, 0.1) is 6.92 Å². The van der Waals surface area contributed by atoms with Gasteiger partial charge in [-0.05, 0) is 107 Å². The molecule has 15 nitrogen and oxygen atoms in total. The number of piperidine rings is 2. The number of sulfonamides is 1. The van der Waals surface area contributed by atoms with Crippen molar-refractivity contribution < 1.29 is 22.8 Å². The summed E-state index contributed by atoms with van der Waals surface area (Å²) >= 11 is 0. The number of nitrogens with one attached hydrogen (secondary N) is 4. The minimum absolute atomic E-state index is 0.135. The van der Waals surface area contributed by atoms with Crippen LogP contribution in [-0.2, 0) is 32.7 Å². The van der Waals surface area contributed by atoms with Gasteiger partial charge in [0.15, 0.2) is 0 Å². The predicted molar refractivity (Wildman–Crippen MR) is 231 cm³/mol. The summed E-state index contributed by atoms with van der Waals surface area (Å²) in [5, 5.41) is 8.95. The Kier molecular flexibility index (Phi) is 11.6. The molecule has 5 heterocycles. The van der Waals surface area contributed by atoms with Gasteiger partial charge in [-0.3, -0.25) is 29.5 Å². The lowest BCUT2D eigenvalue weighted by atomic mass is 10.0. The van der Waals surface area contributed by atoms with Gasteiger partial charge in [0.05, 0.1) is 4.90 Å². The summed E-state index contributed by atoms with van der Waals surface area (Å²) < 4.78 is 28.5. The molecule has 316 valence electrons. The number of nitrogens with zero attached hydrogens (tertiary/aromatic N) is 6. The molecule has 0 radical (unpaired) electrons. The molecule has 1 aromatic heterocycles. The van der Waals surface area contributed by atoms with Crippen LogP contribution in [0.5, 0.6) is 0 Å². The maximum absolute atomic E-state index is 13.1. The molecule has 8 rings (SSSR count). The smallest absolute Gasteiger partial charge is 0.255 e. The van der Waals surface area contributed by atoms with Gasteiger partial charge in [-0.25, -0.2) is 18.1 Å². The Morgan fingerprint density at radius 2 is 1.60 bits per heavy atom. The number of carbonyl (C=O) groups excluding carboxylic acids is 3. The molecule has 16 heteroatoms. The molecule has 3 amide bonds. The zero-order valence-electron chi connectivity index (χ0n) is 34.7. The van der Waals surface area contributed by atoms with Gasteiger partial charge in [-0.1, -0.05) is 18.2 Å². The van der Waals surface area contributed by atoms with Crippen LogP contribution in [0.2, 0.25) is 0 Å². The molecule has 4 aliphatic rings. The molecule has 3 aromatic carbocycles. The molecule has 0 aliphatic carbocycles. The Bertz CT molecular complexity index is 2370. The quantitative estimate of drug-likeness (QED) is 0.151. The monoisotopic (exact) mass is 834 g/mol. The summed E-state index contributed by atoms with van der Waals surface area (Å²) in [6.07, 6.45) is 4.57. The Balaban J connectivity index is 0.794. The number of hydrogen-bond acceptors (Lipinski definition) is 12. The van der Waals surface area contributed by atoms with E-state index < -0.39 is 21.6 Å². The highest BCUT2D eigenvalue weighted by Crippen LogP contribution is 2.30. The Morgan fingerprint density at radius 1 is 0.850 bits per heavy atom. The van der Waals surface area contributed by atoms with Gasteiger partial charge in [0, 0.05) is 105 Å². The van der Waals surface area contributed by atoms with Crippen LogP contribution in [0.4, 0.5) is 28.8 Å². The van der Waals surface area contributed by atoms with E-state index in [2.05, 4.69) is 58.6 Å². The lowest BCUT2D eigenvalue weighted by Crippen LogP contribution is -2.53. The van der Waals surface area contributed by atoms with Crippen LogP contribution in [0.25, 0.3) is 0 Å². The number of aryl methyl sites for hydroxylation is 1.